The fraction of sp³-hybridized carbons (Fsp3) is 0.308. The lowest BCUT2D eigenvalue weighted by atomic mass is 10.2. The van der Waals surface area contributed by atoms with Crippen LogP contribution in [-0.2, 0) is 7.05 Å². The number of rotatable bonds is 3. The highest BCUT2D eigenvalue weighted by Crippen LogP contribution is 2.26. The van der Waals surface area contributed by atoms with E-state index in [0.717, 1.165) is 22.1 Å². The van der Waals surface area contributed by atoms with E-state index in [1.807, 2.05) is 42.9 Å². The Morgan fingerprint density at radius 3 is 2.82 bits per heavy atom. The van der Waals surface area contributed by atoms with Gasteiger partial charge >= 0.3 is 0 Å². The van der Waals surface area contributed by atoms with Crippen LogP contribution in [0.15, 0.2) is 30.6 Å². The summed E-state index contributed by atoms with van der Waals surface area (Å²) in [6.07, 6.45) is 3.75. The molecule has 0 spiro atoms. The number of aryl methyl sites for hydroxylation is 1. The molecule has 1 aromatic carbocycles. The third-order valence-corrected chi connectivity index (χ3v) is 3.29. The van der Waals surface area contributed by atoms with E-state index in [-0.39, 0.29) is 6.04 Å². The summed E-state index contributed by atoms with van der Waals surface area (Å²) in [5.41, 5.74) is 2.11. The van der Waals surface area contributed by atoms with Crippen LogP contribution in [0.3, 0.4) is 0 Å². The molecule has 0 radical (unpaired) electrons. The van der Waals surface area contributed by atoms with Crippen molar-refractivity contribution in [1.29, 1.82) is 0 Å². The van der Waals surface area contributed by atoms with Crippen molar-refractivity contribution in [2.45, 2.75) is 19.9 Å². The van der Waals surface area contributed by atoms with Gasteiger partial charge in [0.2, 0.25) is 0 Å². The highest BCUT2D eigenvalue weighted by atomic mass is 35.5. The first-order valence-electron chi connectivity index (χ1n) is 5.58. The second-order valence-corrected chi connectivity index (χ2v) is 4.58. The Bertz CT molecular complexity index is 519. The molecule has 90 valence electrons. The van der Waals surface area contributed by atoms with Crippen molar-refractivity contribution in [2.24, 2.45) is 7.05 Å². The predicted octanol–water partition coefficient (Wildman–Crippen LogP) is 3.56. The Labute approximate surface area is 106 Å². The van der Waals surface area contributed by atoms with Gasteiger partial charge in [-0.3, -0.25) is 0 Å². The van der Waals surface area contributed by atoms with Gasteiger partial charge in [-0.1, -0.05) is 17.7 Å². The van der Waals surface area contributed by atoms with Gasteiger partial charge in [0.05, 0.1) is 6.04 Å². The Kier molecular flexibility index (Phi) is 3.38. The summed E-state index contributed by atoms with van der Waals surface area (Å²) in [4.78, 5) is 4.33. The molecule has 3 nitrogen and oxygen atoms in total. The van der Waals surface area contributed by atoms with E-state index < -0.39 is 0 Å². The quantitative estimate of drug-likeness (QED) is 0.902. The summed E-state index contributed by atoms with van der Waals surface area (Å²) < 4.78 is 2.01. The maximum absolute atomic E-state index is 6.09. The summed E-state index contributed by atoms with van der Waals surface area (Å²) in [6, 6.07) is 6.02. The van der Waals surface area contributed by atoms with Gasteiger partial charge in [0, 0.05) is 30.2 Å². The predicted molar refractivity (Wildman–Crippen MR) is 71.4 cm³/mol. The van der Waals surface area contributed by atoms with Gasteiger partial charge in [0.25, 0.3) is 0 Å². The second kappa shape index (κ2) is 4.80. The third kappa shape index (κ3) is 2.44. The topological polar surface area (TPSA) is 29.9 Å². The number of hydrogen-bond acceptors (Lipinski definition) is 2. The minimum atomic E-state index is 0.146. The molecule has 1 N–H and O–H groups in total. The minimum absolute atomic E-state index is 0.146. The number of nitrogens with zero attached hydrogens (tertiary/aromatic N) is 2. The zero-order chi connectivity index (χ0) is 12.4. The van der Waals surface area contributed by atoms with Gasteiger partial charge < -0.3 is 9.88 Å². The molecule has 0 aliphatic rings. The number of benzene rings is 1. The summed E-state index contributed by atoms with van der Waals surface area (Å²) in [7, 11) is 1.99. The van der Waals surface area contributed by atoms with E-state index in [2.05, 4.69) is 17.2 Å². The van der Waals surface area contributed by atoms with Crippen molar-refractivity contribution in [3.8, 4) is 0 Å². The van der Waals surface area contributed by atoms with Crippen LogP contribution < -0.4 is 5.32 Å². The van der Waals surface area contributed by atoms with Crippen molar-refractivity contribution in [2.75, 3.05) is 5.32 Å². The normalized spacial score (nSPS) is 12.5. The first-order chi connectivity index (χ1) is 8.09. The van der Waals surface area contributed by atoms with Crippen LogP contribution in [0, 0.1) is 6.92 Å². The fourth-order valence-electron chi connectivity index (χ4n) is 1.86. The molecule has 1 aromatic heterocycles. The molecule has 17 heavy (non-hydrogen) atoms. The number of aromatic nitrogens is 2. The van der Waals surface area contributed by atoms with Gasteiger partial charge in [-0.25, -0.2) is 4.98 Å². The van der Waals surface area contributed by atoms with Crippen LogP contribution in [0.2, 0.25) is 5.02 Å². The molecular weight excluding hydrogens is 234 g/mol. The lowest BCUT2D eigenvalue weighted by molar-refractivity contribution is 0.721. The molecule has 0 saturated heterocycles. The van der Waals surface area contributed by atoms with E-state index in [1.165, 1.54) is 0 Å². The van der Waals surface area contributed by atoms with E-state index in [4.69, 9.17) is 11.6 Å². The van der Waals surface area contributed by atoms with Crippen molar-refractivity contribution in [3.63, 3.8) is 0 Å². The molecule has 0 aliphatic heterocycles. The lowest BCUT2D eigenvalue weighted by Gasteiger charge is -2.17. The Balaban J connectivity index is 2.22. The minimum Gasteiger partial charge on any atom is -0.375 e. The van der Waals surface area contributed by atoms with Crippen molar-refractivity contribution in [3.05, 3.63) is 47.0 Å². The summed E-state index contributed by atoms with van der Waals surface area (Å²) in [5, 5.41) is 4.21. The molecule has 1 atom stereocenters. The van der Waals surface area contributed by atoms with Crippen LogP contribution in [0.25, 0.3) is 0 Å². The molecule has 4 heteroatoms. The van der Waals surface area contributed by atoms with Gasteiger partial charge in [-0.05, 0) is 31.5 Å². The number of imidazole rings is 1. The molecular formula is C13H16ClN3. The maximum atomic E-state index is 6.09. The Hall–Kier alpha value is -1.48. The number of halogens is 1. The van der Waals surface area contributed by atoms with Crippen LogP contribution in [0.4, 0.5) is 5.69 Å². The molecule has 0 aliphatic carbocycles. The van der Waals surface area contributed by atoms with Crippen molar-refractivity contribution < 1.29 is 0 Å². The van der Waals surface area contributed by atoms with Crippen LogP contribution in [0.5, 0.6) is 0 Å². The van der Waals surface area contributed by atoms with Crippen LogP contribution in [0.1, 0.15) is 24.4 Å². The average molecular weight is 250 g/mol. The summed E-state index contributed by atoms with van der Waals surface area (Å²) in [5.74, 6) is 1.00. The fourth-order valence-corrected chi connectivity index (χ4v) is 2.03. The van der Waals surface area contributed by atoms with Gasteiger partial charge in [-0.15, -0.1) is 0 Å². The van der Waals surface area contributed by atoms with Gasteiger partial charge in [0.15, 0.2) is 0 Å². The highest BCUT2D eigenvalue weighted by molar-refractivity contribution is 6.31. The van der Waals surface area contributed by atoms with Crippen LogP contribution in [-0.4, -0.2) is 9.55 Å². The Morgan fingerprint density at radius 2 is 2.18 bits per heavy atom. The maximum Gasteiger partial charge on any atom is 0.130 e. The number of anilines is 1. The highest BCUT2D eigenvalue weighted by Gasteiger charge is 2.11. The molecule has 2 rings (SSSR count). The molecule has 2 aromatic rings. The molecule has 0 amide bonds. The second-order valence-electron chi connectivity index (χ2n) is 4.17. The van der Waals surface area contributed by atoms with Crippen LogP contribution >= 0.6 is 11.6 Å². The summed E-state index contributed by atoms with van der Waals surface area (Å²) >= 11 is 6.09. The molecule has 0 saturated carbocycles. The van der Waals surface area contributed by atoms with E-state index in [1.54, 1.807) is 6.20 Å². The zero-order valence-corrected chi connectivity index (χ0v) is 11.0. The van der Waals surface area contributed by atoms with E-state index in [0.29, 0.717) is 0 Å². The standard InChI is InChI=1S/C13H16ClN3/c1-9-11(14)5-4-6-12(9)16-10(2)13-15-7-8-17(13)3/h4-8,10,16H,1-3H3. The molecule has 1 heterocycles. The number of nitrogens with one attached hydrogen (secondary N) is 1. The zero-order valence-electron chi connectivity index (χ0n) is 10.2. The van der Waals surface area contributed by atoms with Gasteiger partial charge in [-0.2, -0.15) is 0 Å². The van der Waals surface area contributed by atoms with Crippen molar-refractivity contribution >= 4 is 17.3 Å². The first-order valence-corrected chi connectivity index (χ1v) is 5.96. The van der Waals surface area contributed by atoms with E-state index in [9.17, 15) is 0 Å². The van der Waals surface area contributed by atoms with Gasteiger partial charge in [0.1, 0.15) is 5.82 Å². The number of hydrogen-bond donors (Lipinski definition) is 1. The smallest absolute Gasteiger partial charge is 0.130 e. The Morgan fingerprint density at radius 1 is 1.41 bits per heavy atom. The summed E-state index contributed by atoms with van der Waals surface area (Å²) in [6.45, 7) is 4.10. The first kappa shape index (κ1) is 12.0. The molecule has 0 bridgehead atoms. The van der Waals surface area contributed by atoms with Crippen molar-refractivity contribution in [1.82, 2.24) is 9.55 Å². The average Bonchev–Trinajstić information content (AvgIpc) is 2.71. The third-order valence-electron chi connectivity index (χ3n) is 2.89. The monoisotopic (exact) mass is 249 g/mol. The van der Waals surface area contributed by atoms with E-state index >= 15 is 0 Å². The SMILES string of the molecule is Cc1c(Cl)cccc1NC(C)c1nccn1C. The molecule has 1 unspecified atom stereocenters. The molecule has 0 fully saturated rings. The lowest BCUT2D eigenvalue weighted by Crippen LogP contribution is -2.12. The largest absolute Gasteiger partial charge is 0.375 e.